The first kappa shape index (κ1) is 13.5. The van der Waals surface area contributed by atoms with Crippen LogP contribution in [0.3, 0.4) is 0 Å². The zero-order chi connectivity index (χ0) is 14.1. The molecule has 0 spiro atoms. The monoisotopic (exact) mass is 294 g/mol. The maximum atomic E-state index is 13.4. The molecule has 6 heteroatoms. The topological polar surface area (TPSA) is 42.7 Å². The molecule has 1 unspecified atom stereocenters. The zero-order valence-electron chi connectivity index (χ0n) is 11.2. The molecule has 0 amide bonds. The van der Waals surface area contributed by atoms with Gasteiger partial charge in [0.05, 0.1) is 11.6 Å². The van der Waals surface area contributed by atoms with E-state index in [4.69, 9.17) is 11.6 Å². The summed E-state index contributed by atoms with van der Waals surface area (Å²) in [5.74, 6) is 0.575. The minimum atomic E-state index is -0.336. The molecular formula is C14H16ClFN4. The first-order valence-electron chi connectivity index (χ1n) is 6.77. The Bertz CT molecular complexity index is 626. The summed E-state index contributed by atoms with van der Waals surface area (Å²) < 4.78 is 15.3. The van der Waals surface area contributed by atoms with E-state index in [1.807, 2.05) is 11.6 Å². The van der Waals surface area contributed by atoms with Gasteiger partial charge in [0.25, 0.3) is 0 Å². The average Bonchev–Trinajstić information content (AvgIpc) is 3.04. The molecule has 0 aliphatic heterocycles. The third-order valence-corrected chi connectivity index (χ3v) is 4.05. The number of benzene rings is 1. The number of fused-ring (bicyclic) bond motifs is 1. The van der Waals surface area contributed by atoms with Crippen molar-refractivity contribution in [3.63, 3.8) is 0 Å². The molecule has 4 nitrogen and oxygen atoms in total. The normalized spacial score (nSPS) is 17.4. The summed E-state index contributed by atoms with van der Waals surface area (Å²) in [6.45, 7) is 3.48. The van der Waals surface area contributed by atoms with Gasteiger partial charge in [-0.2, -0.15) is 5.10 Å². The summed E-state index contributed by atoms with van der Waals surface area (Å²) in [6.07, 6.45) is 3.40. The lowest BCUT2D eigenvalue weighted by Crippen LogP contribution is -2.21. The van der Waals surface area contributed by atoms with Crippen molar-refractivity contribution in [2.45, 2.75) is 38.9 Å². The number of nitrogens with zero attached hydrogens (tertiary/aromatic N) is 3. The molecule has 1 aromatic heterocycles. The van der Waals surface area contributed by atoms with Crippen molar-refractivity contribution in [3.05, 3.63) is 46.3 Å². The number of halogens is 2. The maximum Gasteiger partial charge on any atom is 0.142 e. The molecule has 0 saturated carbocycles. The quantitative estimate of drug-likeness (QED) is 0.943. The Balaban J connectivity index is 1.74. The predicted molar refractivity (Wildman–Crippen MR) is 75.0 cm³/mol. The van der Waals surface area contributed by atoms with Gasteiger partial charge in [-0.15, -0.1) is 0 Å². The molecule has 1 aliphatic rings. The Labute approximate surface area is 122 Å². The minimum absolute atomic E-state index is 0.189. The zero-order valence-corrected chi connectivity index (χ0v) is 12.0. The van der Waals surface area contributed by atoms with Crippen molar-refractivity contribution in [3.8, 4) is 0 Å². The molecule has 0 saturated heterocycles. The lowest BCUT2D eigenvalue weighted by Gasteiger charge is -2.14. The molecule has 0 radical (unpaired) electrons. The van der Waals surface area contributed by atoms with E-state index in [9.17, 15) is 4.39 Å². The molecule has 3 rings (SSSR count). The van der Waals surface area contributed by atoms with Crippen LogP contribution < -0.4 is 5.32 Å². The Morgan fingerprint density at radius 2 is 2.35 bits per heavy atom. The molecule has 1 atom stereocenters. The molecule has 2 aromatic rings. The fourth-order valence-electron chi connectivity index (χ4n) is 2.72. The second-order valence-electron chi connectivity index (χ2n) is 4.93. The minimum Gasteiger partial charge on any atom is -0.303 e. The van der Waals surface area contributed by atoms with E-state index in [0.717, 1.165) is 36.3 Å². The Morgan fingerprint density at radius 3 is 3.15 bits per heavy atom. The van der Waals surface area contributed by atoms with E-state index in [0.29, 0.717) is 6.54 Å². The van der Waals surface area contributed by atoms with Crippen molar-refractivity contribution in [2.24, 2.45) is 0 Å². The highest BCUT2D eigenvalue weighted by molar-refractivity contribution is 6.30. The fraction of sp³-hybridized carbons (Fsp3) is 0.429. The van der Waals surface area contributed by atoms with E-state index in [1.54, 1.807) is 18.5 Å². The predicted octanol–water partition coefficient (Wildman–Crippen LogP) is 2.87. The summed E-state index contributed by atoms with van der Waals surface area (Å²) in [5.41, 5.74) is 2.14. The van der Waals surface area contributed by atoms with Crippen LogP contribution in [0.1, 0.15) is 36.3 Å². The fourth-order valence-corrected chi connectivity index (χ4v) is 2.89. The number of hydrogen-bond acceptors (Lipinski definition) is 3. The number of aryl methyl sites for hydroxylation is 2. The van der Waals surface area contributed by atoms with Crippen LogP contribution in [0.4, 0.5) is 4.39 Å². The highest BCUT2D eigenvalue weighted by atomic mass is 35.5. The molecule has 20 heavy (non-hydrogen) atoms. The molecule has 106 valence electrons. The first-order chi connectivity index (χ1) is 9.69. The summed E-state index contributed by atoms with van der Waals surface area (Å²) >= 11 is 5.88. The van der Waals surface area contributed by atoms with E-state index in [1.165, 1.54) is 0 Å². The van der Waals surface area contributed by atoms with Crippen LogP contribution >= 0.6 is 11.6 Å². The van der Waals surface area contributed by atoms with Crippen LogP contribution in [0, 0.1) is 5.82 Å². The van der Waals surface area contributed by atoms with Gasteiger partial charge in [0.2, 0.25) is 0 Å². The smallest absolute Gasteiger partial charge is 0.142 e. The van der Waals surface area contributed by atoms with Crippen LogP contribution in [0.5, 0.6) is 0 Å². The van der Waals surface area contributed by atoms with Gasteiger partial charge >= 0.3 is 0 Å². The number of aromatic nitrogens is 3. The summed E-state index contributed by atoms with van der Waals surface area (Å²) in [7, 11) is 0. The van der Waals surface area contributed by atoms with Crippen LogP contribution in [0.25, 0.3) is 0 Å². The molecule has 1 aliphatic carbocycles. The van der Waals surface area contributed by atoms with Gasteiger partial charge in [0.1, 0.15) is 18.0 Å². The lowest BCUT2D eigenvalue weighted by atomic mass is 10.1. The highest BCUT2D eigenvalue weighted by Crippen LogP contribution is 2.34. The van der Waals surface area contributed by atoms with Crippen molar-refractivity contribution >= 4 is 11.6 Å². The summed E-state index contributed by atoms with van der Waals surface area (Å²) in [4.78, 5) is 4.24. The largest absolute Gasteiger partial charge is 0.303 e. The van der Waals surface area contributed by atoms with Crippen LogP contribution in [0.2, 0.25) is 5.02 Å². The van der Waals surface area contributed by atoms with Gasteiger partial charge in [-0.05, 0) is 43.0 Å². The Hall–Kier alpha value is -1.46. The lowest BCUT2D eigenvalue weighted by molar-refractivity contribution is 0.496. The SMILES string of the molecule is CCn1ncnc1CNC1CCc2cc(F)c(Cl)cc21. The van der Waals surface area contributed by atoms with Crippen LogP contribution in [0.15, 0.2) is 18.5 Å². The standard InChI is InChI=1S/C14H16ClFN4/c1-2-20-14(18-8-19-20)7-17-13-4-3-9-5-12(16)11(15)6-10(9)13/h5-6,8,13,17H,2-4,7H2,1H3. The number of nitrogens with one attached hydrogen (secondary N) is 1. The first-order valence-corrected chi connectivity index (χ1v) is 7.14. The molecule has 0 fully saturated rings. The van der Waals surface area contributed by atoms with Gasteiger partial charge in [-0.25, -0.2) is 14.1 Å². The van der Waals surface area contributed by atoms with Crippen LogP contribution in [-0.4, -0.2) is 14.8 Å². The molecule has 0 bridgehead atoms. The highest BCUT2D eigenvalue weighted by Gasteiger charge is 2.24. The second-order valence-corrected chi connectivity index (χ2v) is 5.34. The molecule has 1 N–H and O–H groups in total. The van der Waals surface area contributed by atoms with Crippen molar-refractivity contribution in [1.29, 1.82) is 0 Å². The summed E-state index contributed by atoms with van der Waals surface area (Å²) in [5, 5.41) is 7.79. The van der Waals surface area contributed by atoms with Crippen LogP contribution in [-0.2, 0) is 19.5 Å². The van der Waals surface area contributed by atoms with E-state index in [-0.39, 0.29) is 16.9 Å². The van der Waals surface area contributed by atoms with Gasteiger partial charge in [-0.1, -0.05) is 11.6 Å². The van der Waals surface area contributed by atoms with Gasteiger partial charge in [0.15, 0.2) is 0 Å². The molecule has 1 aromatic carbocycles. The van der Waals surface area contributed by atoms with Gasteiger partial charge < -0.3 is 5.32 Å². The van der Waals surface area contributed by atoms with E-state index >= 15 is 0 Å². The number of hydrogen-bond donors (Lipinski definition) is 1. The van der Waals surface area contributed by atoms with Crippen molar-refractivity contribution < 1.29 is 4.39 Å². The van der Waals surface area contributed by atoms with Gasteiger partial charge in [-0.3, -0.25) is 0 Å². The van der Waals surface area contributed by atoms with Gasteiger partial charge in [0, 0.05) is 12.6 Å². The Kier molecular flexibility index (Phi) is 3.72. The molecule has 1 heterocycles. The molecular weight excluding hydrogens is 279 g/mol. The third-order valence-electron chi connectivity index (χ3n) is 3.76. The number of rotatable bonds is 4. The maximum absolute atomic E-state index is 13.4. The Morgan fingerprint density at radius 1 is 1.50 bits per heavy atom. The van der Waals surface area contributed by atoms with E-state index in [2.05, 4.69) is 15.4 Å². The van der Waals surface area contributed by atoms with Crippen molar-refractivity contribution in [2.75, 3.05) is 0 Å². The second kappa shape index (κ2) is 5.50. The summed E-state index contributed by atoms with van der Waals surface area (Å²) in [6, 6.07) is 3.49. The third kappa shape index (κ3) is 2.43. The van der Waals surface area contributed by atoms with E-state index < -0.39 is 0 Å². The average molecular weight is 295 g/mol. The van der Waals surface area contributed by atoms with Crippen molar-refractivity contribution in [1.82, 2.24) is 20.1 Å².